The van der Waals surface area contributed by atoms with Crippen molar-refractivity contribution in [1.29, 1.82) is 0 Å². The Balaban J connectivity index is 1.61. The van der Waals surface area contributed by atoms with Crippen LogP contribution in [0.25, 0.3) is 0 Å². The van der Waals surface area contributed by atoms with Gasteiger partial charge in [0, 0.05) is 19.6 Å². The number of benzene rings is 1. The molecule has 29 heavy (non-hydrogen) atoms. The number of amides is 2. The molecule has 3 atom stereocenters. The van der Waals surface area contributed by atoms with E-state index in [0.717, 1.165) is 18.7 Å². The number of carboxylic acids is 1. The smallest absolute Gasteiger partial charge is 0.406 e. The molecule has 1 aromatic carbocycles. The minimum atomic E-state index is -0.928. The molecule has 0 spiro atoms. The molecule has 3 unspecified atom stereocenters. The minimum absolute atomic E-state index is 0.0793. The fourth-order valence-electron chi connectivity index (χ4n) is 4.40. The predicted molar refractivity (Wildman–Crippen MR) is 108 cm³/mol. The summed E-state index contributed by atoms with van der Waals surface area (Å²) in [6, 6.07) is 7.87. The maximum atomic E-state index is 12.8. The first kappa shape index (κ1) is 21.1. The van der Waals surface area contributed by atoms with Gasteiger partial charge in [0.1, 0.15) is 0 Å². The highest BCUT2D eigenvalue weighted by Crippen LogP contribution is 2.58. The van der Waals surface area contributed by atoms with Gasteiger partial charge in [0.15, 0.2) is 0 Å². The van der Waals surface area contributed by atoms with E-state index in [1.807, 2.05) is 30.0 Å². The third kappa shape index (κ3) is 4.09. The normalized spacial score (nSPS) is 23.9. The van der Waals surface area contributed by atoms with Crippen molar-refractivity contribution in [1.82, 2.24) is 10.2 Å². The Kier molecular flexibility index (Phi) is 5.87. The molecule has 7 heteroatoms. The predicted octanol–water partition coefficient (Wildman–Crippen LogP) is 2.60. The lowest BCUT2D eigenvalue weighted by Gasteiger charge is -2.25. The number of alkyl carbamates (subject to hydrolysis) is 1. The van der Waals surface area contributed by atoms with Crippen LogP contribution in [0.15, 0.2) is 24.3 Å². The summed E-state index contributed by atoms with van der Waals surface area (Å²) in [6.45, 7) is 7.09. The van der Waals surface area contributed by atoms with E-state index in [-0.39, 0.29) is 18.4 Å². The van der Waals surface area contributed by atoms with Crippen molar-refractivity contribution in [2.45, 2.75) is 38.5 Å². The molecule has 2 aliphatic rings. The minimum Gasteiger partial charge on any atom is -0.481 e. The van der Waals surface area contributed by atoms with E-state index in [0.29, 0.717) is 24.2 Å². The number of carboxylic acid groups (broad SMARTS) is 1. The summed E-state index contributed by atoms with van der Waals surface area (Å²) >= 11 is 0. The standard InChI is InChI=1S/C22H30N2O5/c1-5-13(10-23-21(28)29-4)19(25)24-11-16-17(12-24)18(16)14-7-6-8-15(9-14)22(2,3)20(26)27/h6-9,13,16-18H,5,10-12H2,1-4H3,(H,23,28)(H,26,27). The number of ether oxygens (including phenoxy) is 1. The summed E-state index contributed by atoms with van der Waals surface area (Å²) < 4.78 is 4.57. The summed E-state index contributed by atoms with van der Waals surface area (Å²) in [7, 11) is 1.30. The van der Waals surface area contributed by atoms with Crippen molar-refractivity contribution in [3.63, 3.8) is 0 Å². The van der Waals surface area contributed by atoms with Crippen LogP contribution in [0.5, 0.6) is 0 Å². The van der Waals surface area contributed by atoms with Crippen LogP contribution in [0.4, 0.5) is 4.79 Å². The molecule has 0 aromatic heterocycles. The second kappa shape index (κ2) is 8.05. The summed E-state index contributed by atoms with van der Waals surface area (Å²) in [5, 5.41) is 12.1. The Morgan fingerprint density at radius 3 is 2.48 bits per heavy atom. The van der Waals surface area contributed by atoms with E-state index < -0.39 is 17.5 Å². The summed E-state index contributed by atoms with van der Waals surface area (Å²) in [4.78, 5) is 37.6. The zero-order valence-electron chi connectivity index (χ0n) is 17.5. The van der Waals surface area contributed by atoms with Crippen molar-refractivity contribution in [3.8, 4) is 0 Å². The maximum absolute atomic E-state index is 12.8. The number of piperidine rings is 1. The summed E-state index contributed by atoms with van der Waals surface area (Å²) in [5.74, 6) is 0.229. The Hall–Kier alpha value is -2.57. The van der Waals surface area contributed by atoms with Gasteiger partial charge in [0.25, 0.3) is 0 Å². The van der Waals surface area contributed by atoms with Gasteiger partial charge in [-0.2, -0.15) is 0 Å². The van der Waals surface area contributed by atoms with Gasteiger partial charge < -0.3 is 20.1 Å². The van der Waals surface area contributed by atoms with E-state index in [1.54, 1.807) is 13.8 Å². The average Bonchev–Trinajstić information content (AvgIpc) is 3.21. The first-order valence-corrected chi connectivity index (χ1v) is 10.1. The van der Waals surface area contributed by atoms with Gasteiger partial charge in [0.05, 0.1) is 18.4 Å². The van der Waals surface area contributed by atoms with Crippen molar-refractivity contribution < 1.29 is 24.2 Å². The van der Waals surface area contributed by atoms with E-state index in [2.05, 4.69) is 16.1 Å². The molecule has 1 saturated carbocycles. The molecule has 2 N–H and O–H groups in total. The van der Waals surface area contributed by atoms with Crippen LogP contribution in [-0.2, 0) is 19.7 Å². The van der Waals surface area contributed by atoms with Crippen molar-refractivity contribution >= 4 is 18.0 Å². The third-order valence-electron chi connectivity index (χ3n) is 6.55. The second-order valence-electron chi connectivity index (χ2n) is 8.63. The van der Waals surface area contributed by atoms with Crippen LogP contribution in [0, 0.1) is 17.8 Å². The fraction of sp³-hybridized carbons (Fsp3) is 0.591. The van der Waals surface area contributed by atoms with Crippen LogP contribution in [0.2, 0.25) is 0 Å². The first-order valence-electron chi connectivity index (χ1n) is 10.1. The average molecular weight is 402 g/mol. The molecule has 2 amide bonds. The molecule has 1 saturated heterocycles. The lowest BCUT2D eigenvalue weighted by atomic mass is 9.83. The number of fused-ring (bicyclic) bond motifs is 1. The number of hydrogen-bond acceptors (Lipinski definition) is 4. The van der Waals surface area contributed by atoms with Gasteiger partial charge in [-0.1, -0.05) is 31.2 Å². The summed E-state index contributed by atoms with van der Waals surface area (Å²) in [6.07, 6.45) is 0.134. The highest BCUT2D eigenvalue weighted by atomic mass is 16.5. The molecule has 158 valence electrons. The number of methoxy groups -OCH3 is 1. The van der Waals surface area contributed by atoms with Gasteiger partial charge in [-0.25, -0.2) is 4.79 Å². The van der Waals surface area contributed by atoms with Gasteiger partial charge in [-0.15, -0.1) is 0 Å². The number of aliphatic carboxylic acids is 1. The van der Waals surface area contributed by atoms with Crippen LogP contribution >= 0.6 is 0 Å². The second-order valence-corrected chi connectivity index (χ2v) is 8.63. The highest BCUT2D eigenvalue weighted by Gasteiger charge is 2.57. The Labute approximate surface area is 171 Å². The van der Waals surface area contributed by atoms with Crippen molar-refractivity contribution in [2.24, 2.45) is 17.8 Å². The molecular weight excluding hydrogens is 372 g/mol. The molecule has 2 fully saturated rings. The molecule has 7 nitrogen and oxygen atoms in total. The highest BCUT2D eigenvalue weighted by molar-refractivity contribution is 5.81. The molecular formula is C22H30N2O5. The summed E-state index contributed by atoms with van der Waals surface area (Å²) in [5.41, 5.74) is 1.04. The number of likely N-dealkylation sites (tertiary alicyclic amines) is 1. The van der Waals surface area contributed by atoms with Gasteiger partial charge in [-0.05, 0) is 49.1 Å². The molecule has 1 aromatic rings. The van der Waals surface area contributed by atoms with Crippen molar-refractivity contribution in [2.75, 3.05) is 26.7 Å². The molecule has 0 radical (unpaired) electrons. The molecule has 1 heterocycles. The lowest BCUT2D eigenvalue weighted by Crippen LogP contribution is -2.41. The quantitative estimate of drug-likeness (QED) is 0.731. The van der Waals surface area contributed by atoms with E-state index in [4.69, 9.17) is 0 Å². The monoisotopic (exact) mass is 402 g/mol. The third-order valence-corrected chi connectivity index (χ3v) is 6.55. The van der Waals surface area contributed by atoms with Gasteiger partial charge in [-0.3, -0.25) is 9.59 Å². The number of rotatable bonds is 7. The zero-order valence-corrected chi connectivity index (χ0v) is 17.5. The van der Waals surface area contributed by atoms with Crippen molar-refractivity contribution in [3.05, 3.63) is 35.4 Å². The first-order chi connectivity index (χ1) is 13.7. The Morgan fingerprint density at radius 1 is 1.28 bits per heavy atom. The lowest BCUT2D eigenvalue weighted by molar-refractivity contribution is -0.142. The zero-order chi connectivity index (χ0) is 21.3. The molecule has 1 aliphatic carbocycles. The van der Waals surface area contributed by atoms with Gasteiger partial charge >= 0.3 is 12.1 Å². The van der Waals surface area contributed by atoms with Gasteiger partial charge in [0.2, 0.25) is 5.91 Å². The van der Waals surface area contributed by atoms with E-state index in [1.165, 1.54) is 12.7 Å². The Morgan fingerprint density at radius 2 is 1.93 bits per heavy atom. The number of hydrogen-bond donors (Lipinski definition) is 2. The van der Waals surface area contributed by atoms with Crippen LogP contribution in [0.3, 0.4) is 0 Å². The van der Waals surface area contributed by atoms with Crippen LogP contribution in [0.1, 0.15) is 44.2 Å². The van der Waals surface area contributed by atoms with E-state index >= 15 is 0 Å². The number of nitrogens with one attached hydrogen (secondary N) is 1. The maximum Gasteiger partial charge on any atom is 0.406 e. The topological polar surface area (TPSA) is 95.9 Å². The SMILES string of the molecule is CCC(CNC(=O)OC)C(=O)N1CC2C(C1)C2c1cccc(C(C)(C)C(=O)O)c1. The van der Waals surface area contributed by atoms with Crippen LogP contribution in [-0.4, -0.2) is 54.7 Å². The number of carbonyl (C=O) groups excluding carboxylic acids is 2. The molecule has 1 aliphatic heterocycles. The molecule has 0 bridgehead atoms. The number of carbonyl (C=O) groups is 3. The van der Waals surface area contributed by atoms with Crippen LogP contribution < -0.4 is 5.32 Å². The largest absolute Gasteiger partial charge is 0.481 e. The fourth-order valence-corrected chi connectivity index (χ4v) is 4.40. The Bertz CT molecular complexity index is 794. The molecule has 3 rings (SSSR count). The number of nitrogens with zero attached hydrogens (tertiary/aromatic N) is 1. The van der Waals surface area contributed by atoms with E-state index in [9.17, 15) is 19.5 Å².